The minimum atomic E-state index is -0.898. The Morgan fingerprint density at radius 1 is 0.577 bits per heavy atom. The van der Waals surface area contributed by atoms with E-state index in [4.69, 9.17) is 0 Å². The second-order valence-electron chi connectivity index (χ2n) is 11.1. The maximum Gasteiger partial charge on any atom is 0.272 e. The highest BCUT2D eigenvalue weighted by Crippen LogP contribution is 2.28. The fraction of sp³-hybridized carbons (Fsp3) is 0.0556. The van der Waals surface area contributed by atoms with E-state index in [1.807, 2.05) is 18.2 Å². The zero-order valence-electron chi connectivity index (χ0n) is 26.6. The Hall–Kier alpha value is -6.00. The average Bonchev–Trinajstić information content (AvgIpc) is 3.80. The molecule has 8 aromatic rings. The lowest BCUT2D eigenvalue weighted by Crippen LogP contribution is -2.15. The fourth-order valence-electron chi connectivity index (χ4n) is 5.07. The van der Waals surface area contributed by atoms with Crippen molar-refractivity contribution < 1.29 is 17.6 Å². The molecule has 0 bridgehead atoms. The van der Waals surface area contributed by atoms with Crippen LogP contribution in [0.5, 0.6) is 0 Å². The molecule has 0 spiro atoms. The summed E-state index contributed by atoms with van der Waals surface area (Å²) in [7, 11) is 0. The van der Waals surface area contributed by atoms with Gasteiger partial charge in [0.25, 0.3) is 11.1 Å². The molecular formula is C36H24F4N8O2S2. The molecular weight excluding hydrogens is 717 g/mol. The molecule has 2 aromatic carbocycles. The van der Waals surface area contributed by atoms with Crippen molar-refractivity contribution in [2.75, 3.05) is 0 Å². The Labute approximate surface area is 299 Å². The molecule has 0 amide bonds. The predicted octanol–water partition coefficient (Wildman–Crippen LogP) is 7.31. The number of H-pyrrole nitrogens is 2. The van der Waals surface area contributed by atoms with Gasteiger partial charge in [-0.05, 0) is 48.5 Å². The van der Waals surface area contributed by atoms with Crippen molar-refractivity contribution in [3.05, 3.63) is 165 Å². The van der Waals surface area contributed by atoms with Gasteiger partial charge in [-0.2, -0.15) is 0 Å². The summed E-state index contributed by atoms with van der Waals surface area (Å²) in [6.07, 6.45) is 6.66. The van der Waals surface area contributed by atoms with Crippen molar-refractivity contribution in [3.8, 4) is 22.5 Å². The van der Waals surface area contributed by atoms with Gasteiger partial charge in [0.15, 0.2) is 34.6 Å². The Balaban J connectivity index is 0.000000162. The Morgan fingerprint density at radius 2 is 1.10 bits per heavy atom. The summed E-state index contributed by atoms with van der Waals surface area (Å²) in [4.78, 5) is 41.8. The summed E-state index contributed by atoms with van der Waals surface area (Å²) in [5, 5.41) is 5.98. The molecule has 10 nitrogen and oxygen atoms in total. The third-order valence-electron chi connectivity index (χ3n) is 7.55. The first-order valence-electron chi connectivity index (χ1n) is 15.4. The number of hydrogen-bond acceptors (Lipinski definition) is 8. The molecule has 0 aliphatic rings. The Bertz CT molecular complexity index is 2470. The molecule has 0 radical (unpaired) electrons. The second-order valence-corrected chi connectivity index (χ2v) is 13.1. The number of nitrogens with zero attached hydrogens (tertiary/aromatic N) is 6. The molecule has 0 aliphatic heterocycles. The van der Waals surface area contributed by atoms with Crippen molar-refractivity contribution in [2.45, 2.75) is 21.3 Å². The lowest BCUT2D eigenvalue weighted by molar-refractivity contribution is 0.491. The molecule has 0 saturated carbocycles. The molecule has 6 aromatic heterocycles. The van der Waals surface area contributed by atoms with Crippen LogP contribution in [-0.2, 0) is 11.5 Å². The summed E-state index contributed by atoms with van der Waals surface area (Å²) in [6.45, 7) is 0. The van der Waals surface area contributed by atoms with Gasteiger partial charge in [-0.25, -0.2) is 36.6 Å². The SMILES string of the molecule is O=c1cc(CSc2cccc(F)c2F)nc2cc(-c3cccnc3)[nH]n12.O=c1cc(CSc2cccc(F)c2F)nc2cc(-c3ccncc3)[nH]n12. The van der Waals surface area contributed by atoms with Gasteiger partial charge in [-0.15, -0.1) is 23.5 Å². The van der Waals surface area contributed by atoms with Crippen LogP contribution < -0.4 is 11.1 Å². The first-order chi connectivity index (χ1) is 25.2. The standard InChI is InChI=1S/2C18H12F2N4OS/c19-13-4-1-5-15(18(13)20)26-10-12-7-17(25)24-16(22-12)8-14(23-24)11-3-2-6-21-9-11;19-13-2-1-3-15(18(13)20)26-10-12-8-17(25)24-16(22-12)9-14(23-24)11-4-6-21-7-5-11/h2*1-9,23H,10H2. The van der Waals surface area contributed by atoms with Gasteiger partial charge in [0.05, 0.1) is 22.8 Å². The molecule has 52 heavy (non-hydrogen) atoms. The fourth-order valence-corrected chi connectivity index (χ4v) is 6.77. The molecule has 0 unspecified atom stereocenters. The van der Waals surface area contributed by atoms with E-state index in [1.54, 1.807) is 43.0 Å². The predicted molar refractivity (Wildman–Crippen MR) is 190 cm³/mol. The highest BCUT2D eigenvalue weighted by Gasteiger charge is 2.13. The number of pyridine rings is 2. The highest BCUT2D eigenvalue weighted by molar-refractivity contribution is 7.98. The number of benzene rings is 2. The minimum Gasteiger partial charge on any atom is -0.289 e. The zero-order valence-corrected chi connectivity index (χ0v) is 28.3. The number of aromatic nitrogens is 8. The first-order valence-corrected chi connectivity index (χ1v) is 17.4. The summed E-state index contributed by atoms with van der Waals surface area (Å²) < 4.78 is 56.7. The van der Waals surface area contributed by atoms with Gasteiger partial charge in [-0.3, -0.25) is 29.8 Å². The monoisotopic (exact) mass is 740 g/mol. The van der Waals surface area contributed by atoms with Crippen LogP contribution in [0.25, 0.3) is 33.8 Å². The van der Waals surface area contributed by atoms with E-state index in [0.717, 1.165) is 52.5 Å². The van der Waals surface area contributed by atoms with Gasteiger partial charge < -0.3 is 0 Å². The Morgan fingerprint density at radius 3 is 1.60 bits per heavy atom. The van der Waals surface area contributed by atoms with E-state index < -0.39 is 23.3 Å². The topological polar surface area (TPSA) is 126 Å². The summed E-state index contributed by atoms with van der Waals surface area (Å²) >= 11 is 2.18. The largest absolute Gasteiger partial charge is 0.289 e. The second kappa shape index (κ2) is 15.1. The third kappa shape index (κ3) is 7.52. The minimum absolute atomic E-state index is 0.178. The lowest BCUT2D eigenvalue weighted by Gasteiger charge is -2.03. The summed E-state index contributed by atoms with van der Waals surface area (Å²) in [5.74, 6) is -3.08. The maximum absolute atomic E-state index is 13.7. The van der Waals surface area contributed by atoms with Crippen LogP contribution in [0.2, 0.25) is 0 Å². The normalized spacial score (nSPS) is 11.2. The number of thioether (sulfide) groups is 2. The van der Waals surface area contributed by atoms with Crippen molar-refractivity contribution in [1.82, 2.24) is 39.2 Å². The van der Waals surface area contributed by atoms with Crippen LogP contribution in [-0.4, -0.2) is 39.2 Å². The molecule has 16 heteroatoms. The van der Waals surface area contributed by atoms with Crippen LogP contribution in [0.1, 0.15) is 11.4 Å². The molecule has 0 saturated heterocycles. The molecule has 0 aliphatic carbocycles. The van der Waals surface area contributed by atoms with E-state index in [9.17, 15) is 27.2 Å². The molecule has 8 rings (SSSR count). The first kappa shape index (κ1) is 34.4. The van der Waals surface area contributed by atoms with Crippen LogP contribution in [0.4, 0.5) is 17.6 Å². The van der Waals surface area contributed by atoms with Crippen molar-refractivity contribution in [1.29, 1.82) is 0 Å². The van der Waals surface area contributed by atoms with E-state index in [0.29, 0.717) is 28.4 Å². The number of nitrogens with one attached hydrogen (secondary N) is 2. The van der Waals surface area contributed by atoms with Gasteiger partial charge in [0, 0.05) is 81.5 Å². The van der Waals surface area contributed by atoms with E-state index >= 15 is 0 Å². The van der Waals surface area contributed by atoms with Crippen molar-refractivity contribution >= 4 is 34.8 Å². The van der Waals surface area contributed by atoms with Gasteiger partial charge in [0.1, 0.15) is 0 Å². The molecule has 6 heterocycles. The van der Waals surface area contributed by atoms with Crippen molar-refractivity contribution in [3.63, 3.8) is 0 Å². The summed E-state index contributed by atoms with van der Waals surface area (Å²) in [6, 6.07) is 21.6. The van der Waals surface area contributed by atoms with Gasteiger partial charge in [0.2, 0.25) is 0 Å². The molecule has 2 N–H and O–H groups in total. The summed E-state index contributed by atoms with van der Waals surface area (Å²) in [5.41, 5.74) is 4.49. The van der Waals surface area contributed by atoms with Gasteiger partial charge in [-0.1, -0.05) is 12.1 Å². The van der Waals surface area contributed by atoms with Gasteiger partial charge >= 0.3 is 0 Å². The van der Waals surface area contributed by atoms with Crippen LogP contribution in [0.3, 0.4) is 0 Å². The lowest BCUT2D eigenvalue weighted by atomic mass is 10.2. The van der Waals surface area contributed by atoms with E-state index in [1.165, 1.54) is 45.4 Å². The zero-order chi connectivity index (χ0) is 36.2. The quantitative estimate of drug-likeness (QED) is 0.123. The van der Waals surface area contributed by atoms with Crippen molar-refractivity contribution in [2.24, 2.45) is 0 Å². The highest BCUT2D eigenvalue weighted by atomic mass is 32.2. The Kier molecular flexibility index (Phi) is 9.99. The smallest absolute Gasteiger partial charge is 0.272 e. The number of aromatic amines is 2. The van der Waals surface area contributed by atoms with Crippen LogP contribution in [0.15, 0.2) is 129 Å². The van der Waals surface area contributed by atoms with E-state index in [-0.39, 0.29) is 32.4 Å². The molecule has 0 fully saturated rings. The number of rotatable bonds is 8. The van der Waals surface area contributed by atoms with Crippen LogP contribution >= 0.6 is 23.5 Å². The van der Waals surface area contributed by atoms with E-state index in [2.05, 4.69) is 30.1 Å². The number of fused-ring (bicyclic) bond motifs is 2. The number of halogens is 4. The van der Waals surface area contributed by atoms with Crippen LogP contribution in [0, 0.1) is 23.3 Å². The average molecular weight is 741 g/mol. The number of hydrogen-bond donors (Lipinski definition) is 2. The maximum atomic E-state index is 13.7. The molecule has 0 atom stereocenters. The molecule has 260 valence electrons. The third-order valence-corrected chi connectivity index (χ3v) is 9.69.